The van der Waals surface area contributed by atoms with E-state index >= 15 is 0 Å². The van der Waals surface area contributed by atoms with Gasteiger partial charge in [-0.05, 0) is 65.8 Å². The van der Waals surface area contributed by atoms with E-state index in [1.807, 2.05) is 43.3 Å². The van der Waals surface area contributed by atoms with Crippen LogP contribution in [0.2, 0.25) is 0 Å². The minimum Gasteiger partial charge on any atom is -0.486 e. The van der Waals surface area contributed by atoms with E-state index in [2.05, 4.69) is 26.0 Å². The van der Waals surface area contributed by atoms with Crippen molar-refractivity contribution in [1.82, 2.24) is 0 Å². The fraction of sp³-hybridized carbons (Fsp3) is 0.280. The smallest absolute Gasteiger partial charge is 0.416 e. The number of rotatable bonds is 6. The predicted molar refractivity (Wildman–Crippen MR) is 111 cm³/mol. The van der Waals surface area contributed by atoms with Crippen molar-refractivity contribution in [3.63, 3.8) is 0 Å². The molecule has 0 radical (unpaired) electrons. The third-order valence-corrected chi connectivity index (χ3v) is 4.87. The number of aryl methyl sites for hydroxylation is 1. The van der Waals surface area contributed by atoms with E-state index in [-0.39, 0.29) is 6.10 Å². The molecule has 0 amide bonds. The van der Waals surface area contributed by atoms with Crippen molar-refractivity contribution in [3.05, 3.63) is 89.5 Å². The molecule has 1 atom stereocenters. The average Bonchev–Trinajstić information content (AvgIpc) is 2.69. The molecule has 0 saturated heterocycles. The lowest BCUT2D eigenvalue weighted by Crippen LogP contribution is -2.10. The van der Waals surface area contributed by atoms with Crippen molar-refractivity contribution in [2.75, 3.05) is 0 Å². The Labute approximate surface area is 170 Å². The predicted octanol–water partition coefficient (Wildman–Crippen LogP) is 7.85. The van der Waals surface area contributed by atoms with Crippen LogP contribution in [0.25, 0.3) is 11.1 Å². The molecule has 0 spiro atoms. The van der Waals surface area contributed by atoms with Gasteiger partial charge in [-0.3, -0.25) is 0 Å². The molecule has 4 heteroatoms. The highest BCUT2D eigenvalue weighted by Gasteiger charge is 2.30. The van der Waals surface area contributed by atoms with Crippen LogP contribution in [0.15, 0.2) is 72.8 Å². The first kappa shape index (κ1) is 21.0. The Morgan fingerprint density at radius 2 is 1.52 bits per heavy atom. The van der Waals surface area contributed by atoms with Gasteiger partial charge in [0.15, 0.2) is 0 Å². The van der Waals surface area contributed by atoms with Gasteiger partial charge in [0.25, 0.3) is 0 Å². The lowest BCUT2D eigenvalue weighted by atomic mass is 9.98. The summed E-state index contributed by atoms with van der Waals surface area (Å²) in [5.74, 6) is 1.17. The summed E-state index contributed by atoms with van der Waals surface area (Å²) in [7, 11) is 0. The second-order valence-electron chi connectivity index (χ2n) is 7.70. The number of halogens is 3. The van der Waals surface area contributed by atoms with Crippen LogP contribution in [-0.2, 0) is 6.18 Å². The molecular weight excluding hydrogens is 373 g/mol. The first-order valence-corrected chi connectivity index (χ1v) is 9.74. The van der Waals surface area contributed by atoms with E-state index in [1.165, 1.54) is 12.1 Å². The Kier molecular flexibility index (Phi) is 6.31. The Morgan fingerprint density at radius 3 is 2.10 bits per heavy atom. The molecule has 0 aromatic heterocycles. The van der Waals surface area contributed by atoms with Gasteiger partial charge in [0, 0.05) is 0 Å². The molecular formula is C25H25F3O. The van der Waals surface area contributed by atoms with E-state index in [0.29, 0.717) is 11.7 Å². The zero-order valence-electron chi connectivity index (χ0n) is 16.8. The number of ether oxygens (including phenoxy) is 1. The van der Waals surface area contributed by atoms with Crippen molar-refractivity contribution < 1.29 is 17.9 Å². The first-order chi connectivity index (χ1) is 13.7. The highest BCUT2D eigenvalue weighted by atomic mass is 19.4. The van der Waals surface area contributed by atoms with Crippen molar-refractivity contribution in [1.29, 1.82) is 0 Å². The topological polar surface area (TPSA) is 9.23 Å². The molecule has 3 rings (SSSR count). The summed E-state index contributed by atoms with van der Waals surface area (Å²) in [6, 6.07) is 21.1. The van der Waals surface area contributed by atoms with Gasteiger partial charge in [0.05, 0.1) is 5.56 Å². The molecule has 0 aliphatic carbocycles. The maximum Gasteiger partial charge on any atom is 0.416 e. The highest BCUT2D eigenvalue weighted by molar-refractivity contribution is 5.69. The minimum atomic E-state index is -4.34. The number of hydrogen-bond donors (Lipinski definition) is 0. The van der Waals surface area contributed by atoms with Gasteiger partial charge < -0.3 is 4.74 Å². The maximum absolute atomic E-state index is 12.9. The van der Waals surface area contributed by atoms with Crippen LogP contribution in [0.5, 0.6) is 5.75 Å². The summed E-state index contributed by atoms with van der Waals surface area (Å²) in [4.78, 5) is 0. The third kappa shape index (κ3) is 5.41. The zero-order valence-corrected chi connectivity index (χ0v) is 16.8. The van der Waals surface area contributed by atoms with Gasteiger partial charge in [-0.2, -0.15) is 13.2 Å². The molecule has 1 nitrogen and oxygen atoms in total. The van der Waals surface area contributed by atoms with E-state index in [4.69, 9.17) is 4.74 Å². The van der Waals surface area contributed by atoms with Gasteiger partial charge in [-0.1, -0.05) is 62.4 Å². The second-order valence-corrected chi connectivity index (χ2v) is 7.70. The van der Waals surface area contributed by atoms with Crippen molar-refractivity contribution in [2.45, 2.75) is 39.5 Å². The van der Waals surface area contributed by atoms with E-state index in [0.717, 1.165) is 40.8 Å². The lowest BCUT2D eigenvalue weighted by molar-refractivity contribution is -0.137. The van der Waals surface area contributed by atoms with Crippen molar-refractivity contribution in [3.8, 4) is 16.9 Å². The number of alkyl halides is 3. The monoisotopic (exact) mass is 398 g/mol. The Bertz CT molecular complexity index is 929. The summed E-state index contributed by atoms with van der Waals surface area (Å²) in [5.41, 5.74) is 3.05. The van der Waals surface area contributed by atoms with E-state index in [1.54, 1.807) is 0 Å². The fourth-order valence-corrected chi connectivity index (χ4v) is 3.34. The molecule has 3 aromatic carbocycles. The quantitative estimate of drug-likeness (QED) is 0.411. The van der Waals surface area contributed by atoms with Crippen LogP contribution >= 0.6 is 0 Å². The Balaban J connectivity index is 1.89. The first-order valence-electron chi connectivity index (χ1n) is 9.74. The largest absolute Gasteiger partial charge is 0.486 e. The lowest BCUT2D eigenvalue weighted by Gasteiger charge is -2.22. The van der Waals surface area contributed by atoms with Gasteiger partial charge in [0.2, 0.25) is 0 Å². The van der Waals surface area contributed by atoms with Crippen LogP contribution in [0.1, 0.15) is 43.1 Å². The second kappa shape index (κ2) is 8.73. The average molecular weight is 398 g/mol. The molecule has 0 N–H and O–H groups in total. The molecule has 0 bridgehead atoms. The van der Waals surface area contributed by atoms with Gasteiger partial charge >= 0.3 is 6.18 Å². The molecule has 152 valence electrons. The van der Waals surface area contributed by atoms with E-state index in [9.17, 15) is 13.2 Å². The van der Waals surface area contributed by atoms with Crippen molar-refractivity contribution >= 4 is 0 Å². The minimum absolute atomic E-state index is 0.0839. The normalized spacial score (nSPS) is 12.8. The number of benzene rings is 3. The van der Waals surface area contributed by atoms with Crippen LogP contribution < -0.4 is 4.74 Å². The van der Waals surface area contributed by atoms with Gasteiger partial charge in [-0.25, -0.2) is 0 Å². The molecule has 0 fully saturated rings. The molecule has 1 unspecified atom stereocenters. The summed E-state index contributed by atoms with van der Waals surface area (Å²) in [5, 5.41) is 0. The van der Waals surface area contributed by atoms with Crippen LogP contribution in [0.3, 0.4) is 0 Å². The summed E-state index contributed by atoms with van der Waals surface area (Å²) < 4.78 is 44.9. The van der Waals surface area contributed by atoms with Crippen LogP contribution in [0.4, 0.5) is 13.2 Å². The molecule has 0 saturated carbocycles. The highest BCUT2D eigenvalue weighted by Crippen LogP contribution is 2.34. The fourth-order valence-electron chi connectivity index (χ4n) is 3.34. The van der Waals surface area contributed by atoms with Crippen molar-refractivity contribution in [2.24, 2.45) is 5.92 Å². The number of hydrogen-bond acceptors (Lipinski definition) is 1. The SMILES string of the molecule is Cc1ccc(OC(CC(C)C)c2ccccc2)cc1-c1ccc(C(F)(F)F)cc1. The van der Waals surface area contributed by atoms with E-state index < -0.39 is 11.7 Å². The Hall–Kier alpha value is -2.75. The molecule has 0 aliphatic heterocycles. The zero-order chi connectivity index (χ0) is 21.0. The molecule has 3 aromatic rings. The maximum atomic E-state index is 12.9. The Morgan fingerprint density at radius 1 is 0.862 bits per heavy atom. The molecule has 0 heterocycles. The van der Waals surface area contributed by atoms with Gasteiger partial charge in [0.1, 0.15) is 11.9 Å². The summed E-state index contributed by atoms with van der Waals surface area (Å²) in [6.45, 7) is 6.25. The summed E-state index contributed by atoms with van der Waals surface area (Å²) in [6.07, 6.45) is -3.55. The summed E-state index contributed by atoms with van der Waals surface area (Å²) >= 11 is 0. The van der Waals surface area contributed by atoms with Crippen LogP contribution in [0, 0.1) is 12.8 Å². The standard InChI is InChI=1S/C25H25F3O/c1-17(2)15-24(20-7-5-4-6-8-20)29-22-14-9-18(3)23(16-22)19-10-12-21(13-11-19)25(26,27)28/h4-14,16-17,24H,15H2,1-3H3. The van der Waals surface area contributed by atoms with Crippen LogP contribution in [-0.4, -0.2) is 0 Å². The molecule has 29 heavy (non-hydrogen) atoms. The molecule has 0 aliphatic rings. The van der Waals surface area contributed by atoms with Gasteiger partial charge in [-0.15, -0.1) is 0 Å². The third-order valence-electron chi connectivity index (χ3n) is 4.87.